The maximum Gasteiger partial charge on any atom is 0.231 e. The van der Waals surface area contributed by atoms with Gasteiger partial charge in [0.25, 0.3) is 0 Å². The number of aliphatic hydroxyl groups excluding tert-OH is 1. The number of aliphatic hydroxyl groups is 1. The van der Waals surface area contributed by atoms with E-state index in [1.54, 1.807) is 7.11 Å². The van der Waals surface area contributed by atoms with E-state index in [2.05, 4.69) is 34.0 Å². The quantitative estimate of drug-likeness (QED) is 0.798. The van der Waals surface area contributed by atoms with Crippen molar-refractivity contribution in [3.63, 3.8) is 0 Å². The summed E-state index contributed by atoms with van der Waals surface area (Å²) in [5, 5.41) is 11.2. The molecular formula is C22H34NO5+. The molecule has 1 aromatic rings. The van der Waals surface area contributed by atoms with Crippen molar-refractivity contribution in [3.05, 3.63) is 17.2 Å². The van der Waals surface area contributed by atoms with Gasteiger partial charge >= 0.3 is 0 Å². The molecule has 1 N–H and O–H groups in total. The molecule has 3 aliphatic rings. The van der Waals surface area contributed by atoms with Gasteiger partial charge < -0.3 is 28.5 Å². The van der Waals surface area contributed by atoms with Crippen LogP contribution >= 0.6 is 0 Å². The number of rotatable bonds is 4. The van der Waals surface area contributed by atoms with E-state index in [1.165, 1.54) is 11.1 Å². The summed E-state index contributed by atoms with van der Waals surface area (Å²) in [7, 11) is 6.19. The summed E-state index contributed by atoms with van der Waals surface area (Å²) in [5.74, 6) is 2.51. The molecule has 3 aliphatic heterocycles. The number of nitrogens with zero attached hydrogens (tertiary/aromatic N) is 1. The SMILES string of the molecule is COc1c2c(cc3c1[C@H](C[C@H](O)[C@H]1CCOC(C)(C)C1)[N+](C)(C)CC3)OCO2. The maximum absolute atomic E-state index is 11.2. The van der Waals surface area contributed by atoms with Crippen LogP contribution in [0.3, 0.4) is 0 Å². The van der Waals surface area contributed by atoms with Gasteiger partial charge in [-0.15, -0.1) is 0 Å². The average molecular weight is 393 g/mol. The molecule has 4 rings (SSSR count). The molecule has 28 heavy (non-hydrogen) atoms. The van der Waals surface area contributed by atoms with E-state index in [9.17, 15) is 5.11 Å². The van der Waals surface area contributed by atoms with Gasteiger partial charge in [0, 0.05) is 19.4 Å². The number of likely N-dealkylation sites (N-methyl/N-ethyl adjacent to an activating group) is 1. The van der Waals surface area contributed by atoms with Crippen LogP contribution in [0.15, 0.2) is 6.07 Å². The van der Waals surface area contributed by atoms with Gasteiger partial charge in [-0.1, -0.05) is 0 Å². The van der Waals surface area contributed by atoms with Gasteiger partial charge in [0.15, 0.2) is 11.5 Å². The van der Waals surface area contributed by atoms with Crippen molar-refractivity contribution < 1.29 is 28.5 Å². The molecule has 0 saturated carbocycles. The van der Waals surface area contributed by atoms with Crippen molar-refractivity contribution in [3.8, 4) is 17.2 Å². The van der Waals surface area contributed by atoms with Crippen LogP contribution in [0.1, 0.15) is 50.3 Å². The normalized spacial score (nSPS) is 28.5. The van der Waals surface area contributed by atoms with Crippen LogP contribution in [-0.4, -0.2) is 62.4 Å². The molecule has 0 aromatic heterocycles. The van der Waals surface area contributed by atoms with Gasteiger partial charge in [0.1, 0.15) is 6.04 Å². The van der Waals surface area contributed by atoms with Crippen LogP contribution in [-0.2, 0) is 11.2 Å². The molecule has 3 atom stereocenters. The molecule has 1 aromatic carbocycles. The van der Waals surface area contributed by atoms with Gasteiger partial charge in [-0.25, -0.2) is 0 Å². The molecule has 0 amide bonds. The second-order valence-electron chi connectivity index (χ2n) is 9.65. The van der Waals surface area contributed by atoms with Gasteiger partial charge in [-0.2, -0.15) is 0 Å². The number of benzene rings is 1. The summed E-state index contributed by atoms with van der Waals surface area (Å²) in [5.41, 5.74) is 2.26. The fourth-order valence-electron chi connectivity index (χ4n) is 5.20. The molecule has 1 fully saturated rings. The number of hydrogen-bond donors (Lipinski definition) is 1. The third kappa shape index (κ3) is 3.46. The minimum absolute atomic E-state index is 0.147. The van der Waals surface area contributed by atoms with Gasteiger partial charge in [0.2, 0.25) is 12.5 Å². The second kappa shape index (κ2) is 7.08. The lowest BCUT2D eigenvalue weighted by atomic mass is 9.79. The van der Waals surface area contributed by atoms with Gasteiger partial charge in [-0.3, -0.25) is 0 Å². The van der Waals surface area contributed by atoms with Crippen LogP contribution < -0.4 is 14.2 Å². The maximum atomic E-state index is 11.2. The molecule has 6 nitrogen and oxygen atoms in total. The van der Waals surface area contributed by atoms with E-state index in [0.29, 0.717) is 12.2 Å². The molecular weight excluding hydrogens is 358 g/mol. The fraction of sp³-hybridized carbons (Fsp3) is 0.727. The summed E-state index contributed by atoms with van der Waals surface area (Å²) >= 11 is 0. The lowest BCUT2D eigenvalue weighted by Crippen LogP contribution is -2.50. The lowest BCUT2D eigenvalue weighted by molar-refractivity contribution is -0.924. The molecule has 0 spiro atoms. The first-order valence-corrected chi connectivity index (χ1v) is 10.4. The summed E-state index contributed by atoms with van der Waals surface area (Å²) in [6, 6.07) is 2.25. The summed E-state index contributed by atoms with van der Waals surface area (Å²) in [6.45, 7) is 6.21. The average Bonchev–Trinajstić information content (AvgIpc) is 3.09. The van der Waals surface area contributed by atoms with Crippen molar-refractivity contribution in [2.45, 2.75) is 57.3 Å². The Bertz CT molecular complexity index is 745. The Hall–Kier alpha value is -1.50. The second-order valence-corrected chi connectivity index (χ2v) is 9.65. The molecule has 6 heteroatoms. The predicted molar refractivity (Wildman–Crippen MR) is 106 cm³/mol. The number of methoxy groups -OCH3 is 1. The third-order valence-electron chi connectivity index (χ3n) is 6.83. The number of ether oxygens (including phenoxy) is 4. The topological polar surface area (TPSA) is 57.2 Å². The Labute approximate surface area is 167 Å². The van der Waals surface area contributed by atoms with Crippen molar-refractivity contribution in [2.75, 3.05) is 41.1 Å². The minimum atomic E-state index is -0.369. The monoisotopic (exact) mass is 392 g/mol. The van der Waals surface area contributed by atoms with Crippen molar-refractivity contribution in [1.29, 1.82) is 0 Å². The first-order chi connectivity index (χ1) is 13.2. The Morgan fingerprint density at radius 3 is 2.82 bits per heavy atom. The number of fused-ring (bicyclic) bond motifs is 2. The number of quaternary nitrogens is 1. The van der Waals surface area contributed by atoms with Crippen LogP contribution in [0.4, 0.5) is 0 Å². The smallest absolute Gasteiger partial charge is 0.231 e. The van der Waals surface area contributed by atoms with E-state index in [4.69, 9.17) is 18.9 Å². The third-order valence-corrected chi connectivity index (χ3v) is 6.83. The highest BCUT2D eigenvalue weighted by Gasteiger charge is 2.44. The largest absolute Gasteiger partial charge is 0.492 e. The Morgan fingerprint density at radius 2 is 2.11 bits per heavy atom. The Morgan fingerprint density at radius 1 is 1.32 bits per heavy atom. The first kappa shape index (κ1) is 19.8. The van der Waals surface area contributed by atoms with Crippen LogP contribution in [0.2, 0.25) is 0 Å². The van der Waals surface area contributed by atoms with Gasteiger partial charge in [0.05, 0.1) is 45.0 Å². The van der Waals surface area contributed by atoms with Crippen LogP contribution in [0.25, 0.3) is 0 Å². The van der Waals surface area contributed by atoms with Crippen molar-refractivity contribution in [1.82, 2.24) is 0 Å². The van der Waals surface area contributed by atoms with E-state index >= 15 is 0 Å². The molecule has 0 radical (unpaired) electrons. The summed E-state index contributed by atoms with van der Waals surface area (Å²) in [6.07, 6.45) is 3.10. The van der Waals surface area contributed by atoms with Gasteiger partial charge in [-0.05, 0) is 44.2 Å². The molecule has 3 heterocycles. The Kier molecular flexibility index (Phi) is 5.01. The van der Waals surface area contributed by atoms with E-state index in [0.717, 1.165) is 48.4 Å². The van der Waals surface area contributed by atoms with Crippen molar-refractivity contribution >= 4 is 0 Å². The van der Waals surface area contributed by atoms with Crippen LogP contribution in [0, 0.1) is 5.92 Å². The predicted octanol–water partition coefficient (Wildman–Crippen LogP) is 3.05. The lowest BCUT2D eigenvalue weighted by Gasteiger charge is -2.45. The van der Waals surface area contributed by atoms with E-state index in [-0.39, 0.29) is 30.5 Å². The Balaban J connectivity index is 1.67. The summed E-state index contributed by atoms with van der Waals surface area (Å²) in [4.78, 5) is 0. The zero-order valence-corrected chi connectivity index (χ0v) is 17.8. The summed E-state index contributed by atoms with van der Waals surface area (Å²) < 4.78 is 23.8. The van der Waals surface area contributed by atoms with Crippen molar-refractivity contribution in [2.24, 2.45) is 5.92 Å². The highest BCUT2D eigenvalue weighted by Crippen LogP contribution is 2.52. The van der Waals surface area contributed by atoms with E-state index < -0.39 is 0 Å². The molecule has 156 valence electrons. The number of hydrogen-bond acceptors (Lipinski definition) is 5. The van der Waals surface area contributed by atoms with Crippen LogP contribution in [0.5, 0.6) is 17.2 Å². The zero-order valence-electron chi connectivity index (χ0n) is 17.8. The molecule has 1 saturated heterocycles. The zero-order chi connectivity index (χ0) is 20.1. The standard InChI is InChI=1S/C22H34NO5/c1-22(2)12-15(7-9-28-22)17(24)11-16-19-14(6-8-23(16,3)4)10-18-20(21(19)25-5)27-13-26-18/h10,15-17,24H,6-9,11-13H2,1-5H3/q+1/t15-,16-,17-/m0/s1. The highest BCUT2D eigenvalue weighted by molar-refractivity contribution is 5.61. The minimum Gasteiger partial charge on any atom is -0.492 e. The molecule has 0 unspecified atom stereocenters. The highest BCUT2D eigenvalue weighted by atomic mass is 16.7. The molecule has 0 aliphatic carbocycles. The fourth-order valence-corrected chi connectivity index (χ4v) is 5.20. The van der Waals surface area contributed by atoms with E-state index in [1.807, 2.05) is 0 Å². The molecule has 0 bridgehead atoms. The first-order valence-electron chi connectivity index (χ1n) is 10.4.